The van der Waals surface area contributed by atoms with Crippen LogP contribution in [0.15, 0.2) is 29.6 Å². The average Bonchev–Trinajstić information content (AvgIpc) is 2.76. The summed E-state index contributed by atoms with van der Waals surface area (Å²) in [4.78, 5) is 16.1. The number of nitrogens with zero attached hydrogens (tertiary/aromatic N) is 3. The van der Waals surface area contributed by atoms with E-state index in [2.05, 4.69) is 39.0 Å². The molecule has 1 atom stereocenters. The number of nitrogens with two attached hydrogens (primary N) is 1. The lowest BCUT2D eigenvalue weighted by Gasteiger charge is -2.10. The number of hydrogen-bond acceptors (Lipinski definition) is 5. The van der Waals surface area contributed by atoms with Crippen LogP contribution in [0.3, 0.4) is 0 Å². The molecule has 7 heteroatoms. The van der Waals surface area contributed by atoms with E-state index < -0.39 is 0 Å². The molecule has 3 N–H and O–H groups in total. The SMILES string of the molecule is Cc1cc2cc(C(C)Sc3nc(N)cc(Cl)n3)ncc2[nH]1. The summed E-state index contributed by atoms with van der Waals surface area (Å²) in [5.41, 5.74) is 8.81. The zero-order valence-corrected chi connectivity index (χ0v) is 13.2. The molecule has 0 bridgehead atoms. The quantitative estimate of drug-likeness (QED) is 0.436. The molecule has 3 aromatic rings. The number of fused-ring (bicyclic) bond motifs is 1. The summed E-state index contributed by atoms with van der Waals surface area (Å²) in [6.45, 7) is 4.08. The molecule has 3 rings (SSSR count). The molecule has 0 saturated heterocycles. The summed E-state index contributed by atoms with van der Waals surface area (Å²) >= 11 is 7.38. The van der Waals surface area contributed by atoms with Crippen molar-refractivity contribution < 1.29 is 0 Å². The number of anilines is 1. The Labute approximate surface area is 131 Å². The number of nitrogen functional groups attached to an aromatic ring is 1. The number of H-pyrrole nitrogens is 1. The predicted molar refractivity (Wildman–Crippen MR) is 86.6 cm³/mol. The van der Waals surface area contributed by atoms with Gasteiger partial charge in [-0.3, -0.25) is 4.98 Å². The van der Waals surface area contributed by atoms with E-state index in [0.717, 1.165) is 22.3 Å². The summed E-state index contributed by atoms with van der Waals surface area (Å²) in [6.07, 6.45) is 1.85. The second-order valence-corrected chi connectivity index (χ2v) is 6.50. The number of pyridine rings is 1. The fraction of sp³-hybridized carbons (Fsp3) is 0.214. The Balaban J connectivity index is 1.87. The van der Waals surface area contributed by atoms with Crippen molar-refractivity contribution in [1.82, 2.24) is 19.9 Å². The molecule has 0 fully saturated rings. The maximum absolute atomic E-state index is 5.90. The normalized spacial score (nSPS) is 12.7. The third kappa shape index (κ3) is 3.11. The van der Waals surface area contributed by atoms with Crippen LogP contribution in [0.25, 0.3) is 10.9 Å². The van der Waals surface area contributed by atoms with E-state index in [1.165, 1.54) is 17.8 Å². The Morgan fingerprint density at radius 2 is 2.10 bits per heavy atom. The van der Waals surface area contributed by atoms with Crippen LogP contribution in [0.1, 0.15) is 23.6 Å². The summed E-state index contributed by atoms with van der Waals surface area (Å²) < 4.78 is 0. The van der Waals surface area contributed by atoms with Gasteiger partial charge in [-0.05, 0) is 26.0 Å². The molecular formula is C14H14ClN5S. The number of nitrogens with one attached hydrogen (secondary N) is 1. The highest BCUT2D eigenvalue weighted by molar-refractivity contribution is 7.99. The molecule has 0 radical (unpaired) electrons. The van der Waals surface area contributed by atoms with E-state index in [4.69, 9.17) is 17.3 Å². The number of thioether (sulfide) groups is 1. The van der Waals surface area contributed by atoms with Crippen LogP contribution in [0.5, 0.6) is 0 Å². The molecule has 3 aromatic heterocycles. The van der Waals surface area contributed by atoms with Gasteiger partial charge >= 0.3 is 0 Å². The zero-order chi connectivity index (χ0) is 15.0. The molecular weight excluding hydrogens is 306 g/mol. The summed E-state index contributed by atoms with van der Waals surface area (Å²) in [5.74, 6) is 0.370. The van der Waals surface area contributed by atoms with Gasteiger partial charge < -0.3 is 10.7 Å². The van der Waals surface area contributed by atoms with Gasteiger partial charge in [0.05, 0.1) is 22.7 Å². The second kappa shape index (κ2) is 5.54. The Hall–Kier alpha value is -1.79. The maximum atomic E-state index is 5.90. The summed E-state index contributed by atoms with van der Waals surface area (Å²) in [5, 5.41) is 2.15. The summed E-state index contributed by atoms with van der Waals surface area (Å²) in [7, 11) is 0. The van der Waals surface area contributed by atoms with Gasteiger partial charge in [-0.15, -0.1) is 0 Å². The standard InChI is InChI=1S/C14H14ClN5S/c1-7-3-9-4-10(17-6-11(9)18-7)8(2)21-14-19-12(15)5-13(16)20-14/h3-6,8,18H,1-2H3,(H2,16,19,20). The van der Waals surface area contributed by atoms with Gasteiger partial charge in [0.1, 0.15) is 11.0 Å². The summed E-state index contributed by atoms with van der Waals surface area (Å²) in [6, 6.07) is 5.71. The van der Waals surface area contributed by atoms with E-state index in [1.54, 1.807) is 0 Å². The molecule has 0 amide bonds. The Bertz CT molecular complexity index is 781. The molecule has 21 heavy (non-hydrogen) atoms. The Morgan fingerprint density at radius 3 is 2.86 bits per heavy atom. The molecule has 0 spiro atoms. The predicted octanol–water partition coefficient (Wildman–Crippen LogP) is 3.75. The van der Waals surface area contributed by atoms with Gasteiger partial charge in [-0.25, -0.2) is 9.97 Å². The number of aromatic nitrogens is 4. The topological polar surface area (TPSA) is 80.5 Å². The van der Waals surface area contributed by atoms with E-state index in [-0.39, 0.29) is 5.25 Å². The highest BCUT2D eigenvalue weighted by Crippen LogP contribution is 2.33. The van der Waals surface area contributed by atoms with Crippen LogP contribution in [0.4, 0.5) is 5.82 Å². The minimum atomic E-state index is 0.0995. The van der Waals surface area contributed by atoms with Crippen molar-refractivity contribution in [3.63, 3.8) is 0 Å². The minimum absolute atomic E-state index is 0.0995. The minimum Gasteiger partial charge on any atom is -0.384 e. The Kier molecular flexibility index (Phi) is 3.73. The monoisotopic (exact) mass is 319 g/mol. The molecule has 0 saturated carbocycles. The van der Waals surface area contributed by atoms with Crippen molar-refractivity contribution in [2.45, 2.75) is 24.3 Å². The van der Waals surface area contributed by atoms with E-state index in [9.17, 15) is 0 Å². The first kappa shape index (κ1) is 14.2. The Morgan fingerprint density at radius 1 is 1.29 bits per heavy atom. The van der Waals surface area contributed by atoms with Gasteiger partial charge in [0.15, 0.2) is 5.16 Å². The molecule has 0 aliphatic carbocycles. The number of aryl methyl sites for hydroxylation is 1. The van der Waals surface area contributed by atoms with Crippen LogP contribution in [0, 0.1) is 6.92 Å². The van der Waals surface area contributed by atoms with Crippen molar-refractivity contribution in [1.29, 1.82) is 0 Å². The van der Waals surface area contributed by atoms with Crippen LogP contribution >= 0.6 is 23.4 Å². The van der Waals surface area contributed by atoms with Gasteiger partial charge in [0.25, 0.3) is 0 Å². The number of aromatic amines is 1. The van der Waals surface area contributed by atoms with Gasteiger partial charge in [-0.1, -0.05) is 23.4 Å². The lowest BCUT2D eigenvalue weighted by molar-refractivity contribution is 0.947. The van der Waals surface area contributed by atoms with Crippen molar-refractivity contribution in [2.24, 2.45) is 0 Å². The molecule has 0 aliphatic rings. The largest absolute Gasteiger partial charge is 0.384 e. The zero-order valence-electron chi connectivity index (χ0n) is 11.6. The lowest BCUT2D eigenvalue weighted by atomic mass is 10.2. The van der Waals surface area contributed by atoms with E-state index in [0.29, 0.717) is 16.1 Å². The number of rotatable bonds is 3. The third-order valence-corrected chi connectivity index (χ3v) is 4.24. The first-order valence-electron chi connectivity index (χ1n) is 6.43. The third-order valence-electron chi connectivity index (χ3n) is 3.05. The number of halogens is 1. The van der Waals surface area contributed by atoms with Crippen molar-refractivity contribution >= 4 is 40.1 Å². The molecule has 0 aliphatic heterocycles. The first-order chi connectivity index (χ1) is 10.0. The van der Waals surface area contributed by atoms with Gasteiger partial charge in [-0.2, -0.15) is 0 Å². The van der Waals surface area contributed by atoms with Crippen LogP contribution < -0.4 is 5.73 Å². The highest BCUT2D eigenvalue weighted by Gasteiger charge is 2.13. The molecule has 1 unspecified atom stereocenters. The fourth-order valence-electron chi connectivity index (χ4n) is 2.10. The molecule has 3 heterocycles. The van der Waals surface area contributed by atoms with Crippen LogP contribution in [-0.2, 0) is 0 Å². The molecule has 5 nitrogen and oxygen atoms in total. The van der Waals surface area contributed by atoms with Gasteiger partial charge in [0, 0.05) is 17.1 Å². The van der Waals surface area contributed by atoms with Crippen LogP contribution in [0.2, 0.25) is 5.15 Å². The maximum Gasteiger partial charge on any atom is 0.191 e. The molecule has 0 aromatic carbocycles. The van der Waals surface area contributed by atoms with Crippen molar-refractivity contribution in [2.75, 3.05) is 5.73 Å². The smallest absolute Gasteiger partial charge is 0.191 e. The number of hydrogen-bond donors (Lipinski definition) is 2. The molecule has 108 valence electrons. The van der Waals surface area contributed by atoms with E-state index >= 15 is 0 Å². The van der Waals surface area contributed by atoms with Crippen molar-refractivity contribution in [3.05, 3.63) is 40.9 Å². The second-order valence-electron chi connectivity index (χ2n) is 4.81. The van der Waals surface area contributed by atoms with Crippen LogP contribution in [-0.4, -0.2) is 19.9 Å². The van der Waals surface area contributed by atoms with Crippen molar-refractivity contribution in [3.8, 4) is 0 Å². The van der Waals surface area contributed by atoms with E-state index in [1.807, 2.05) is 13.1 Å². The fourth-order valence-corrected chi connectivity index (χ4v) is 3.22. The first-order valence-corrected chi connectivity index (χ1v) is 7.69. The lowest BCUT2D eigenvalue weighted by Crippen LogP contribution is -1.98. The van der Waals surface area contributed by atoms with Gasteiger partial charge in [0.2, 0.25) is 0 Å². The highest BCUT2D eigenvalue weighted by atomic mass is 35.5. The average molecular weight is 320 g/mol.